The summed E-state index contributed by atoms with van der Waals surface area (Å²) >= 11 is 5.59. The number of carboxylic acids is 1. The van der Waals surface area contributed by atoms with E-state index in [9.17, 15) is 4.79 Å². The predicted molar refractivity (Wildman–Crippen MR) is 42.3 cm³/mol. The zero-order chi connectivity index (χ0) is 9.14. The van der Waals surface area contributed by atoms with E-state index in [4.69, 9.17) is 21.8 Å². The number of aliphatic carboxylic acids is 1. The van der Waals surface area contributed by atoms with Gasteiger partial charge < -0.3 is 10.2 Å². The van der Waals surface area contributed by atoms with Crippen LogP contribution in [0.5, 0.6) is 5.75 Å². The Morgan fingerprint density at radius 3 is 2.75 bits per heavy atom. The van der Waals surface area contributed by atoms with E-state index in [1.165, 1.54) is 6.20 Å². The molecule has 0 amide bonds. The first-order chi connectivity index (χ1) is 5.61. The summed E-state index contributed by atoms with van der Waals surface area (Å²) in [6.45, 7) is 0. The van der Waals surface area contributed by atoms with E-state index in [0.29, 0.717) is 0 Å². The second-order valence-electron chi connectivity index (χ2n) is 2.19. The molecule has 0 saturated heterocycles. The van der Waals surface area contributed by atoms with Crippen LogP contribution in [0.1, 0.15) is 5.56 Å². The van der Waals surface area contributed by atoms with Crippen molar-refractivity contribution in [3.63, 3.8) is 0 Å². The number of pyridine rings is 1. The molecule has 0 atom stereocenters. The number of hydrogen-bond acceptors (Lipinski definition) is 3. The maximum atomic E-state index is 10.3. The topological polar surface area (TPSA) is 70.4 Å². The average molecular weight is 188 g/mol. The second-order valence-corrected chi connectivity index (χ2v) is 2.60. The lowest BCUT2D eigenvalue weighted by Crippen LogP contribution is -2.01. The van der Waals surface area contributed by atoms with Crippen molar-refractivity contribution in [2.45, 2.75) is 6.42 Å². The van der Waals surface area contributed by atoms with Gasteiger partial charge in [-0.05, 0) is 0 Å². The van der Waals surface area contributed by atoms with Gasteiger partial charge in [-0.3, -0.25) is 9.78 Å². The largest absolute Gasteiger partial charge is 0.506 e. The summed E-state index contributed by atoms with van der Waals surface area (Å²) in [7, 11) is 0. The third-order valence-corrected chi connectivity index (χ3v) is 1.64. The van der Waals surface area contributed by atoms with E-state index < -0.39 is 5.97 Å². The van der Waals surface area contributed by atoms with Gasteiger partial charge in [0, 0.05) is 11.8 Å². The normalized spacial score (nSPS) is 9.75. The molecule has 4 nitrogen and oxygen atoms in total. The van der Waals surface area contributed by atoms with Crippen molar-refractivity contribution in [1.29, 1.82) is 0 Å². The lowest BCUT2D eigenvalue weighted by atomic mass is 10.2. The van der Waals surface area contributed by atoms with Crippen LogP contribution in [0.25, 0.3) is 0 Å². The van der Waals surface area contributed by atoms with Gasteiger partial charge in [-0.15, -0.1) is 0 Å². The van der Waals surface area contributed by atoms with Crippen LogP contribution >= 0.6 is 11.6 Å². The van der Waals surface area contributed by atoms with Gasteiger partial charge in [-0.1, -0.05) is 11.6 Å². The number of nitrogens with zero attached hydrogens (tertiary/aromatic N) is 1. The minimum atomic E-state index is -1.04. The Morgan fingerprint density at radius 2 is 2.25 bits per heavy atom. The van der Waals surface area contributed by atoms with Gasteiger partial charge in [0.2, 0.25) is 0 Å². The van der Waals surface area contributed by atoms with Crippen LogP contribution in [-0.2, 0) is 11.2 Å². The van der Waals surface area contributed by atoms with Crippen molar-refractivity contribution >= 4 is 17.6 Å². The molecule has 0 bridgehead atoms. The Balaban J connectivity index is 3.04. The summed E-state index contributed by atoms with van der Waals surface area (Å²) in [6, 6.07) is 0. The van der Waals surface area contributed by atoms with Crippen LogP contribution in [-0.4, -0.2) is 21.2 Å². The standard InChI is InChI=1S/C7H6ClNO3/c8-5-2-9-3-6(10)4(5)1-7(11)12/h2-3,10H,1H2,(H,11,12). The van der Waals surface area contributed by atoms with E-state index in [-0.39, 0.29) is 22.8 Å². The van der Waals surface area contributed by atoms with Crippen molar-refractivity contribution in [2.24, 2.45) is 0 Å². The third kappa shape index (κ3) is 1.85. The molecule has 0 aromatic carbocycles. The minimum Gasteiger partial charge on any atom is -0.506 e. The summed E-state index contributed by atoms with van der Waals surface area (Å²) in [4.78, 5) is 13.9. The summed E-state index contributed by atoms with van der Waals surface area (Å²) < 4.78 is 0. The molecule has 0 aliphatic rings. The fraction of sp³-hybridized carbons (Fsp3) is 0.143. The fourth-order valence-corrected chi connectivity index (χ4v) is 0.998. The van der Waals surface area contributed by atoms with Gasteiger partial charge in [0.1, 0.15) is 5.75 Å². The molecule has 12 heavy (non-hydrogen) atoms. The van der Waals surface area contributed by atoms with Crippen molar-refractivity contribution in [3.05, 3.63) is 23.0 Å². The smallest absolute Gasteiger partial charge is 0.308 e. The molecular formula is C7H6ClNO3. The third-order valence-electron chi connectivity index (χ3n) is 1.31. The van der Waals surface area contributed by atoms with Crippen LogP contribution in [0.15, 0.2) is 12.4 Å². The second kappa shape index (κ2) is 3.40. The zero-order valence-electron chi connectivity index (χ0n) is 5.99. The summed E-state index contributed by atoms with van der Waals surface area (Å²) in [5.74, 6) is -1.23. The first-order valence-corrected chi connectivity index (χ1v) is 3.52. The average Bonchev–Trinajstić information content (AvgIpc) is 1.97. The Morgan fingerprint density at radius 1 is 1.58 bits per heavy atom. The number of carbonyl (C=O) groups is 1. The molecule has 0 unspecified atom stereocenters. The highest BCUT2D eigenvalue weighted by Crippen LogP contribution is 2.23. The highest BCUT2D eigenvalue weighted by Gasteiger charge is 2.10. The van der Waals surface area contributed by atoms with Gasteiger partial charge in [-0.2, -0.15) is 0 Å². The monoisotopic (exact) mass is 187 g/mol. The molecule has 1 rings (SSSR count). The molecule has 0 radical (unpaired) electrons. The Labute approximate surface area is 73.4 Å². The van der Waals surface area contributed by atoms with Crippen LogP contribution in [0.3, 0.4) is 0 Å². The number of carboxylic acid groups (broad SMARTS) is 1. The molecule has 0 aliphatic carbocycles. The molecule has 0 fully saturated rings. The van der Waals surface area contributed by atoms with Gasteiger partial charge in [-0.25, -0.2) is 0 Å². The number of hydrogen-bond donors (Lipinski definition) is 2. The number of halogens is 1. The summed E-state index contributed by atoms with van der Waals surface area (Å²) in [5.41, 5.74) is 0.194. The first kappa shape index (κ1) is 8.80. The Hall–Kier alpha value is -1.29. The predicted octanol–water partition coefficient (Wildman–Crippen LogP) is 1.07. The van der Waals surface area contributed by atoms with Crippen LogP contribution in [0, 0.1) is 0 Å². The molecular weight excluding hydrogens is 182 g/mol. The van der Waals surface area contributed by atoms with Crippen LogP contribution in [0.4, 0.5) is 0 Å². The van der Waals surface area contributed by atoms with E-state index in [2.05, 4.69) is 4.98 Å². The SMILES string of the molecule is O=C(O)Cc1c(O)cncc1Cl. The van der Waals surface area contributed by atoms with Crippen LogP contribution in [0.2, 0.25) is 5.02 Å². The van der Waals surface area contributed by atoms with E-state index in [0.717, 1.165) is 6.20 Å². The number of aromatic hydroxyl groups is 1. The summed E-state index contributed by atoms with van der Waals surface area (Å²) in [6.07, 6.45) is 2.15. The van der Waals surface area contributed by atoms with Crippen molar-refractivity contribution in [2.75, 3.05) is 0 Å². The van der Waals surface area contributed by atoms with Gasteiger partial charge in [0.05, 0.1) is 17.6 Å². The van der Waals surface area contributed by atoms with Crippen molar-refractivity contribution < 1.29 is 15.0 Å². The van der Waals surface area contributed by atoms with E-state index in [1.807, 2.05) is 0 Å². The highest BCUT2D eigenvalue weighted by molar-refractivity contribution is 6.31. The van der Waals surface area contributed by atoms with Crippen molar-refractivity contribution in [1.82, 2.24) is 4.98 Å². The van der Waals surface area contributed by atoms with Gasteiger partial charge >= 0.3 is 5.97 Å². The molecule has 5 heteroatoms. The molecule has 64 valence electrons. The highest BCUT2D eigenvalue weighted by atomic mass is 35.5. The number of rotatable bonds is 2. The first-order valence-electron chi connectivity index (χ1n) is 3.14. The van der Waals surface area contributed by atoms with E-state index in [1.54, 1.807) is 0 Å². The van der Waals surface area contributed by atoms with Crippen molar-refractivity contribution in [3.8, 4) is 5.75 Å². The summed E-state index contributed by atoms with van der Waals surface area (Å²) in [5, 5.41) is 17.7. The maximum Gasteiger partial charge on any atom is 0.308 e. The molecule has 2 N–H and O–H groups in total. The maximum absolute atomic E-state index is 10.3. The van der Waals surface area contributed by atoms with Crippen LogP contribution < -0.4 is 0 Å². The fourth-order valence-electron chi connectivity index (χ4n) is 0.778. The Kier molecular flexibility index (Phi) is 2.50. The number of aromatic nitrogens is 1. The Bertz CT molecular complexity index is 293. The quantitative estimate of drug-likeness (QED) is 0.727. The minimum absolute atomic E-state index is 0.164. The lowest BCUT2D eigenvalue weighted by molar-refractivity contribution is -0.136. The van der Waals surface area contributed by atoms with Gasteiger partial charge in [0.15, 0.2) is 0 Å². The molecule has 0 spiro atoms. The zero-order valence-corrected chi connectivity index (χ0v) is 6.75. The molecule has 1 aromatic heterocycles. The molecule has 1 heterocycles. The molecule has 0 saturated carbocycles. The molecule has 0 aliphatic heterocycles. The molecule has 1 aromatic rings. The lowest BCUT2D eigenvalue weighted by Gasteiger charge is -2.01. The van der Waals surface area contributed by atoms with Gasteiger partial charge in [0.25, 0.3) is 0 Å². The van der Waals surface area contributed by atoms with E-state index >= 15 is 0 Å².